The predicted molar refractivity (Wildman–Crippen MR) is 60.5 cm³/mol. The fraction of sp³-hybridized carbons (Fsp3) is 0.167. The fourth-order valence-corrected chi connectivity index (χ4v) is 1.37. The maximum absolute atomic E-state index is 4.24. The van der Waals surface area contributed by atoms with Crippen LogP contribution in [0.4, 0.5) is 5.69 Å². The molecule has 0 spiro atoms. The van der Waals surface area contributed by atoms with E-state index in [1.54, 1.807) is 6.20 Å². The zero-order chi connectivity index (χ0) is 10.5. The largest absolute Gasteiger partial charge is 0.380 e. The van der Waals surface area contributed by atoms with Crippen molar-refractivity contribution in [3.63, 3.8) is 0 Å². The summed E-state index contributed by atoms with van der Waals surface area (Å²) >= 11 is 0. The van der Waals surface area contributed by atoms with Crippen LogP contribution in [0, 0.1) is 6.92 Å². The van der Waals surface area contributed by atoms with Crippen molar-refractivity contribution in [1.82, 2.24) is 9.97 Å². The van der Waals surface area contributed by atoms with Crippen LogP contribution in [0.15, 0.2) is 42.9 Å². The van der Waals surface area contributed by atoms with E-state index in [1.807, 2.05) is 37.5 Å². The third-order valence-electron chi connectivity index (χ3n) is 2.26. The molecule has 76 valence electrons. The van der Waals surface area contributed by atoms with Crippen LogP contribution in [-0.4, -0.2) is 9.97 Å². The first-order valence-corrected chi connectivity index (χ1v) is 4.90. The monoisotopic (exact) mass is 199 g/mol. The van der Waals surface area contributed by atoms with Gasteiger partial charge in [-0.1, -0.05) is 6.07 Å². The second kappa shape index (κ2) is 4.55. The Bertz CT molecular complexity index is 426. The van der Waals surface area contributed by atoms with Crippen LogP contribution in [0.3, 0.4) is 0 Å². The Balaban J connectivity index is 2.03. The summed E-state index contributed by atoms with van der Waals surface area (Å²) in [5.41, 5.74) is 3.30. The molecule has 0 aromatic carbocycles. The van der Waals surface area contributed by atoms with E-state index in [1.165, 1.54) is 5.56 Å². The van der Waals surface area contributed by atoms with E-state index in [0.29, 0.717) is 0 Å². The molecule has 15 heavy (non-hydrogen) atoms. The Labute approximate surface area is 89.2 Å². The lowest BCUT2D eigenvalue weighted by Gasteiger charge is -2.07. The van der Waals surface area contributed by atoms with Gasteiger partial charge in [-0.2, -0.15) is 0 Å². The Morgan fingerprint density at radius 3 is 2.80 bits per heavy atom. The van der Waals surface area contributed by atoms with Crippen molar-refractivity contribution in [3.05, 3.63) is 54.1 Å². The summed E-state index contributed by atoms with van der Waals surface area (Å²) in [5, 5.41) is 3.30. The highest BCUT2D eigenvalue weighted by Gasteiger charge is 1.97. The number of pyridine rings is 2. The van der Waals surface area contributed by atoms with Crippen molar-refractivity contribution in [2.45, 2.75) is 13.5 Å². The minimum absolute atomic E-state index is 0.783. The van der Waals surface area contributed by atoms with E-state index in [-0.39, 0.29) is 0 Å². The smallest absolute Gasteiger partial charge is 0.0529 e. The number of hydrogen-bond donors (Lipinski definition) is 1. The molecular formula is C12H13N3. The van der Waals surface area contributed by atoms with Gasteiger partial charge in [-0.05, 0) is 30.7 Å². The van der Waals surface area contributed by atoms with Crippen molar-refractivity contribution in [2.24, 2.45) is 0 Å². The molecule has 2 aromatic heterocycles. The van der Waals surface area contributed by atoms with Crippen LogP contribution in [0.5, 0.6) is 0 Å². The standard InChI is InChI=1S/C12H13N3/c1-10-11(4-2-7-14-10)8-15-12-5-3-6-13-9-12/h2-7,9,15H,8H2,1H3. The van der Waals surface area contributed by atoms with Crippen LogP contribution in [0.2, 0.25) is 0 Å². The van der Waals surface area contributed by atoms with Crippen LogP contribution >= 0.6 is 0 Å². The Hall–Kier alpha value is -1.90. The summed E-state index contributed by atoms with van der Waals surface area (Å²) < 4.78 is 0. The molecule has 0 unspecified atom stereocenters. The first kappa shape index (κ1) is 9.65. The van der Waals surface area contributed by atoms with Gasteiger partial charge in [-0.25, -0.2) is 0 Å². The molecule has 0 radical (unpaired) electrons. The normalized spacial score (nSPS) is 9.93. The molecule has 2 aromatic rings. The molecule has 0 saturated carbocycles. The van der Waals surface area contributed by atoms with E-state index in [4.69, 9.17) is 0 Å². The van der Waals surface area contributed by atoms with Gasteiger partial charge >= 0.3 is 0 Å². The van der Waals surface area contributed by atoms with Gasteiger partial charge in [0.2, 0.25) is 0 Å². The molecule has 0 aliphatic carbocycles. The van der Waals surface area contributed by atoms with Gasteiger partial charge < -0.3 is 5.32 Å². The predicted octanol–water partition coefficient (Wildman–Crippen LogP) is 2.40. The zero-order valence-corrected chi connectivity index (χ0v) is 8.64. The maximum atomic E-state index is 4.24. The molecule has 0 bridgehead atoms. The molecule has 1 N–H and O–H groups in total. The summed E-state index contributed by atoms with van der Waals surface area (Å²) in [6.07, 6.45) is 5.38. The van der Waals surface area contributed by atoms with Crippen LogP contribution in [0.25, 0.3) is 0 Å². The number of rotatable bonds is 3. The van der Waals surface area contributed by atoms with Crippen LogP contribution < -0.4 is 5.32 Å². The number of hydrogen-bond acceptors (Lipinski definition) is 3. The topological polar surface area (TPSA) is 37.8 Å². The summed E-state index contributed by atoms with van der Waals surface area (Å²) in [6.45, 7) is 2.80. The van der Waals surface area contributed by atoms with Crippen LogP contribution in [0.1, 0.15) is 11.3 Å². The maximum Gasteiger partial charge on any atom is 0.0529 e. The lowest BCUT2D eigenvalue weighted by Crippen LogP contribution is -2.02. The van der Waals surface area contributed by atoms with Crippen molar-refractivity contribution in [3.8, 4) is 0 Å². The second-order valence-corrected chi connectivity index (χ2v) is 3.34. The lowest BCUT2D eigenvalue weighted by atomic mass is 10.2. The molecule has 2 heterocycles. The number of nitrogens with zero attached hydrogens (tertiary/aromatic N) is 2. The van der Waals surface area contributed by atoms with Crippen molar-refractivity contribution < 1.29 is 0 Å². The minimum Gasteiger partial charge on any atom is -0.380 e. The highest BCUT2D eigenvalue weighted by Crippen LogP contribution is 2.08. The minimum atomic E-state index is 0.783. The number of aryl methyl sites for hydroxylation is 1. The molecular weight excluding hydrogens is 186 g/mol. The molecule has 2 rings (SSSR count). The molecule has 0 atom stereocenters. The van der Waals surface area contributed by atoms with Gasteiger partial charge in [0.25, 0.3) is 0 Å². The van der Waals surface area contributed by atoms with Gasteiger partial charge in [-0.15, -0.1) is 0 Å². The molecule has 3 heteroatoms. The average molecular weight is 199 g/mol. The molecule has 3 nitrogen and oxygen atoms in total. The molecule has 0 amide bonds. The number of nitrogens with one attached hydrogen (secondary N) is 1. The highest BCUT2D eigenvalue weighted by molar-refractivity contribution is 5.40. The summed E-state index contributed by atoms with van der Waals surface area (Å²) in [5.74, 6) is 0. The van der Waals surface area contributed by atoms with E-state index in [9.17, 15) is 0 Å². The van der Waals surface area contributed by atoms with E-state index < -0.39 is 0 Å². The average Bonchev–Trinajstić information content (AvgIpc) is 2.29. The summed E-state index contributed by atoms with van der Waals surface area (Å²) in [7, 11) is 0. The molecule has 0 aliphatic heterocycles. The van der Waals surface area contributed by atoms with E-state index >= 15 is 0 Å². The van der Waals surface area contributed by atoms with Gasteiger partial charge in [0.1, 0.15) is 0 Å². The molecule has 0 saturated heterocycles. The van der Waals surface area contributed by atoms with Crippen LogP contribution in [-0.2, 0) is 6.54 Å². The van der Waals surface area contributed by atoms with Gasteiger partial charge in [0.05, 0.1) is 5.69 Å². The lowest BCUT2D eigenvalue weighted by molar-refractivity contribution is 1.05. The van der Waals surface area contributed by atoms with Gasteiger partial charge in [0.15, 0.2) is 0 Å². The quantitative estimate of drug-likeness (QED) is 0.824. The van der Waals surface area contributed by atoms with Gasteiger partial charge in [0, 0.05) is 30.8 Å². The van der Waals surface area contributed by atoms with Gasteiger partial charge in [-0.3, -0.25) is 9.97 Å². The highest BCUT2D eigenvalue weighted by atomic mass is 14.9. The Morgan fingerprint density at radius 2 is 2.07 bits per heavy atom. The Kier molecular flexibility index (Phi) is 2.93. The first-order valence-electron chi connectivity index (χ1n) is 4.90. The van der Waals surface area contributed by atoms with Crippen molar-refractivity contribution >= 4 is 5.69 Å². The summed E-state index contributed by atoms with van der Waals surface area (Å²) in [6, 6.07) is 7.94. The molecule has 0 fully saturated rings. The first-order chi connectivity index (χ1) is 7.36. The molecule has 0 aliphatic rings. The zero-order valence-electron chi connectivity index (χ0n) is 8.64. The van der Waals surface area contributed by atoms with Crippen molar-refractivity contribution in [2.75, 3.05) is 5.32 Å². The SMILES string of the molecule is Cc1ncccc1CNc1cccnc1. The summed E-state index contributed by atoms with van der Waals surface area (Å²) in [4.78, 5) is 8.28. The third kappa shape index (κ3) is 2.53. The number of anilines is 1. The number of aromatic nitrogens is 2. The third-order valence-corrected chi connectivity index (χ3v) is 2.26. The van der Waals surface area contributed by atoms with Crippen molar-refractivity contribution in [1.29, 1.82) is 0 Å². The Morgan fingerprint density at radius 1 is 1.20 bits per heavy atom. The van der Waals surface area contributed by atoms with E-state index in [2.05, 4.69) is 21.4 Å². The fourth-order valence-electron chi connectivity index (χ4n) is 1.37. The second-order valence-electron chi connectivity index (χ2n) is 3.34. The van der Waals surface area contributed by atoms with E-state index in [0.717, 1.165) is 17.9 Å².